The van der Waals surface area contributed by atoms with E-state index in [1.165, 1.54) is 24.8 Å². The van der Waals surface area contributed by atoms with Crippen molar-refractivity contribution in [2.45, 2.75) is 38.0 Å². The first-order valence-corrected chi connectivity index (χ1v) is 8.59. The van der Waals surface area contributed by atoms with Crippen LogP contribution in [0.1, 0.15) is 24.8 Å². The van der Waals surface area contributed by atoms with Gasteiger partial charge in [-0.2, -0.15) is 0 Å². The average Bonchev–Trinajstić information content (AvgIpc) is 3.26. The Morgan fingerprint density at radius 3 is 2.68 bits per heavy atom. The van der Waals surface area contributed by atoms with E-state index >= 15 is 0 Å². The highest BCUT2D eigenvalue weighted by atomic mass is 19.1. The van der Waals surface area contributed by atoms with Crippen LogP contribution in [-0.4, -0.2) is 54.7 Å². The summed E-state index contributed by atoms with van der Waals surface area (Å²) in [7, 11) is 0. The minimum atomic E-state index is -0.153. The minimum Gasteiger partial charge on any atom is -0.377 e. The maximum Gasteiger partial charge on any atom is 0.123 e. The largest absolute Gasteiger partial charge is 0.377 e. The van der Waals surface area contributed by atoms with E-state index in [1.54, 1.807) is 12.1 Å². The molecule has 4 rings (SSSR count). The Labute approximate surface area is 132 Å². The van der Waals surface area contributed by atoms with Gasteiger partial charge in [0.15, 0.2) is 0 Å². The fourth-order valence-corrected chi connectivity index (χ4v) is 3.73. The van der Waals surface area contributed by atoms with Gasteiger partial charge in [-0.15, -0.1) is 0 Å². The van der Waals surface area contributed by atoms with Crippen molar-refractivity contribution in [2.24, 2.45) is 5.92 Å². The van der Waals surface area contributed by atoms with Gasteiger partial charge in [0.2, 0.25) is 0 Å². The number of ether oxygens (including phenoxy) is 1. The number of rotatable bonds is 5. The third-order valence-electron chi connectivity index (χ3n) is 5.25. The van der Waals surface area contributed by atoms with Crippen LogP contribution in [0.4, 0.5) is 4.39 Å². The van der Waals surface area contributed by atoms with Gasteiger partial charge in [0.05, 0.1) is 6.10 Å². The first kappa shape index (κ1) is 14.6. The monoisotopic (exact) mass is 304 g/mol. The van der Waals surface area contributed by atoms with E-state index in [2.05, 4.69) is 9.80 Å². The maximum atomic E-state index is 13.0. The molecule has 4 heteroatoms. The summed E-state index contributed by atoms with van der Waals surface area (Å²) in [5, 5.41) is 0. The lowest BCUT2D eigenvalue weighted by molar-refractivity contribution is 0.0508. The molecular weight excluding hydrogens is 279 g/mol. The molecule has 1 aromatic rings. The zero-order chi connectivity index (χ0) is 14.9. The van der Waals surface area contributed by atoms with Crippen molar-refractivity contribution in [2.75, 3.05) is 32.8 Å². The van der Waals surface area contributed by atoms with Crippen LogP contribution < -0.4 is 0 Å². The first-order valence-electron chi connectivity index (χ1n) is 8.59. The number of nitrogens with zero attached hydrogens (tertiary/aromatic N) is 2. The van der Waals surface area contributed by atoms with Crippen molar-refractivity contribution in [1.29, 1.82) is 0 Å². The summed E-state index contributed by atoms with van der Waals surface area (Å²) in [4.78, 5) is 5.09. The fraction of sp³-hybridized carbons (Fsp3) is 0.667. The molecule has 0 radical (unpaired) electrons. The summed E-state index contributed by atoms with van der Waals surface area (Å²) in [6, 6.07) is 7.56. The van der Waals surface area contributed by atoms with Crippen LogP contribution in [0.25, 0.3) is 0 Å². The molecular formula is C18H25FN2O. The Morgan fingerprint density at radius 2 is 1.91 bits per heavy atom. The number of halogens is 1. The van der Waals surface area contributed by atoms with Gasteiger partial charge < -0.3 is 4.74 Å². The molecule has 1 aromatic carbocycles. The van der Waals surface area contributed by atoms with E-state index in [0.717, 1.165) is 45.2 Å². The number of piperazine rings is 1. The molecule has 3 fully saturated rings. The highest BCUT2D eigenvalue weighted by Crippen LogP contribution is 2.31. The van der Waals surface area contributed by atoms with Gasteiger partial charge in [-0.1, -0.05) is 12.1 Å². The van der Waals surface area contributed by atoms with Gasteiger partial charge in [0.25, 0.3) is 0 Å². The van der Waals surface area contributed by atoms with Crippen molar-refractivity contribution in [3.63, 3.8) is 0 Å². The number of hydrogen-bond acceptors (Lipinski definition) is 3. The second-order valence-electron chi connectivity index (χ2n) is 7.14. The summed E-state index contributed by atoms with van der Waals surface area (Å²) in [6.45, 7) is 6.36. The summed E-state index contributed by atoms with van der Waals surface area (Å²) in [6.07, 6.45) is 4.35. The van der Waals surface area contributed by atoms with Gasteiger partial charge in [-0.05, 0) is 42.9 Å². The predicted molar refractivity (Wildman–Crippen MR) is 84.1 cm³/mol. The quantitative estimate of drug-likeness (QED) is 0.831. The standard InChI is InChI=1S/C18H25FN2O/c19-16-5-3-14(4-6-16)10-20-7-8-21-12-18(9-17(21)11-20)22-13-15-1-2-15/h3-6,15,17-18H,1-2,7-13H2/t17-,18-/m0/s1. The van der Waals surface area contributed by atoms with Gasteiger partial charge in [-0.25, -0.2) is 4.39 Å². The lowest BCUT2D eigenvalue weighted by atomic mass is 10.1. The topological polar surface area (TPSA) is 15.7 Å². The van der Waals surface area contributed by atoms with E-state index in [1.807, 2.05) is 12.1 Å². The molecule has 120 valence electrons. The molecule has 0 N–H and O–H groups in total. The highest BCUT2D eigenvalue weighted by molar-refractivity contribution is 5.16. The fourth-order valence-electron chi connectivity index (χ4n) is 3.73. The Kier molecular flexibility index (Phi) is 4.16. The lowest BCUT2D eigenvalue weighted by Gasteiger charge is -2.37. The van der Waals surface area contributed by atoms with Crippen molar-refractivity contribution in [1.82, 2.24) is 9.80 Å². The Balaban J connectivity index is 1.28. The molecule has 0 bridgehead atoms. The molecule has 2 atom stereocenters. The van der Waals surface area contributed by atoms with E-state index in [0.29, 0.717) is 12.1 Å². The maximum absolute atomic E-state index is 13.0. The Hall–Kier alpha value is -0.970. The first-order chi connectivity index (χ1) is 10.8. The van der Waals surface area contributed by atoms with Crippen LogP contribution in [0.5, 0.6) is 0 Å². The molecule has 2 heterocycles. The average molecular weight is 304 g/mol. The molecule has 0 spiro atoms. The smallest absolute Gasteiger partial charge is 0.123 e. The van der Waals surface area contributed by atoms with Crippen LogP contribution in [0.15, 0.2) is 24.3 Å². The van der Waals surface area contributed by atoms with Crippen LogP contribution in [0, 0.1) is 11.7 Å². The van der Waals surface area contributed by atoms with E-state index in [-0.39, 0.29) is 5.82 Å². The molecule has 2 aliphatic heterocycles. The van der Waals surface area contributed by atoms with Crippen molar-refractivity contribution >= 4 is 0 Å². The molecule has 1 saturated carbocycles. The molecule has 0 aromatic heterocycles. The second-order valence-corrected chi connectivity index (χ2v) is 7.14. The summed E-state index contributed by atoms with van der Waals surface area (Å²) < 4.78 is 19.1. The minimum absolute atomic E-state index is 0.153. The summed E-state index contributed by atoms with van der Waals surface area (Å²) >= 11 is 0. The van der Waals surface area contributed by atoms with E-state index in [9.17, 15) is 4.39 Å². The third kappa shape index (κ3) is 3.50. The summed E-state index contributed by atoms with van der Waals surface area (Å²) in [5.74, 6) is 0.701. The normalized spacial score (nSPS) is 29.7. The van der Waals surface area contributed by atoms with Gasteiger partial charge in [0.1, 0.15) is 5.82 Å². The van der Waals surface area contributed by atoms with E-state index in [4.69, 9.17) is 4.74 Å². The second kappa shape index (κ2) is 6.26. The summed E-state index contributed by atoms with van der Waals surface area (Å²) in [5.41, 5.74) is 1.20. The number of benzene rings is 1. The van der Waals surface area contributed by atoms with Gasteiger partial charge in [-0.3, -0.25) is 9.80 Å². The molecule has 1 aliphatic carbocycles. The van der Waals surface area contributed by atoms with Crippen LogP contribution in [0.2, 0.25) is 0 Å². The van der Waals surface area contributed by atoms with Crippen LogP contribution in [0.3, 0.4) is 0 Å². The molecule has 3 aliphatic rings. The van der Waals surface area contributed by atoms with Crippen molar-refractivity contribution in [3.8, 4) is 0 Å². The van der Waals surface area contributed by atoms with Gasteiger partial charge >= 0.3 is 0 Å². The number of hydrogen-bond donors (Lipinski definition) is 0. The zero-order valence-electron chi connectivity index (χ0n) is 13.1. The zero-order valence-corrected chi connectivity index (χ0v) is 13.1. The molecule has 2 saturated heterocycles. The third-order valence-corrected chi connectivity index (χ3v) is 5.25. The lowest BCUT2D eigenvalue weighted by Crippen LogP contribution is -2.49. The molecule has 0 unspecified atom stereocenters. The Morgan fingerprint density at radius 1 is 1.09 bits per heavy atom. The molecule has 3 nitrogen and oxygen atoms in total. The van der Waals surface area contributed by atoms with Crippen LogP contribution >= 0.6 is 0 Å². The Bertz CT molecular complexity index is 502. The predicted octanol–water partition coefficient (Wildman–Crippen LogP) is 2.51. The van der Waals surface area contributed by atoms with Crippen molar-refractivity contribution in [3.05, 3.63) is 35.6 Å². The van der Waals surface area contributed by atoms with Crippen molar-refractivity contribution < 1.29 is 9.13 Å². The van der Waals surface area contributed by atoms with Crippen LogP contribution in [-0.2, 0) is 11.3 Å². The highest BCUT2D eigenvalue weighted by Gasteiger charge is 2.37. The molecule has 22 heavy (non-hydrogen) atoms. The SMILES string of the molecule is Fc1ccc(CN2CCN3C[C@@H](OCC4CC4)C[C@H]3C2)cc1. The van der Waals surface area contributed by atoms with Gasteiger partial charge in [0, 0.05) is 45.4 Å². The number of fused-ring (bicyclic) bond motifs is 1. The molecule has 0 amide bonds. The van der Waals surface area contributed by atoms with E-state index < -0.39 is 0 Å².